The van der Waals surface area contributed by atoms with Crippen molar-refractivity contribution < 1.29 is 0 Å². The van der Waals surface area contributed by atoms with Crippen LogP contribution in [0.25, 0.3) is 0 Å². The smallest absolute Gasteiger partial charge is 0.0925 e. The quantitative estimate of drug-likeness (QED) is 0.602. The van der Waals surface area contributed by atoms with Crippen molar-refractivity contribution in [2.45, 2.75) is 26.2 Å². The van der Waals surface area contributed by atoms with Gasteiger partial charge in [0.1, 0.15) is 0 Å². The maximum absolute atomic E-state index is 5.36. The third kappa shape index (κ3) is 1.27. The highest BCUT2D eigenvalue weighted by atomic mass is 14.9. The van der Waals surface area contributed by atoms with Gasteiger partial charge in [0.15, 0.2) is 0 Å². The minimum absolute atomic E-state index is 0.260. The van der Waals surface area contributed by atoms with Crippen LogP contribution in [0.4, 0.5) is 0 Å². The van der Waals surface area contributed by atoms with E-state index in [9.17, 15) is 0 Å². The van der Waals surface area contributed by atoms with Crippen molar-refractivity contribution in [3.63, 3.8) is 0 Å². The predicted molar refractivity (Wildman–Crippen MR) is 45.2 cm³/mol. The zero-order chi connectivity index (χ0) is 8.48. The molecule has 1 aromatic rings. The van der Waals surface area contributed by atoms with Crippen LogP contribution in [0.1, 0.15) is 25.2 Å². The fourth-order valence-electron chi connectivity index (χ4n) is 1.06. The first kappa shape index (κ1) is 7.87. The van der Waals surface area contributed by atoms with E-state index in [-0.39, 0.29) is 5.41 Å². The van der Waals surface area contributed by atoms with Gasteiger partial charge in [0.25, 0.3) is 0 Å². The molecule has 0 aromatic carbocycles. The number of aromatic amines is 1. The molecule has 1 N–H and O–H groups in total. The number of H-pyrrole nitrogens is 1. The van der Waals surface area contributed by atoms with E-state index in [1.807, 2.05) is 20.8 Å². The second kappa shape index (κ2) is 2.43. The molecule has 1 heterocycles. The van der Waals surface area contributed by atoms with Gasteiger partial charge in [-0.1, -0.05) is 5.92 Å². The topological polar surface area (TPSA) is 28.7 Å². The van der Waals surface area contributed by atoms with Crippen LogP contribution in [0.2, 0.25) is 0 Å². The number of rotatable bonds is 1. The Labute approximate surface area is 67.0 Å². The molecular weight excluding hydrogens is 136 g/mol. The highest BCUT2D eigenvalue weighted by molar-refractivity contribution is 5.28. The normalized spacial score (nSPS) is 11.1. The number of terminal acetylenes is 1. The molecule has 11 heavy (non-hydrogen) atoms. The van der Waals surface area contributed by atoms with Crippen molar-refractivity contribution in [1.82, 2.24) is 9.97 Å². The molecule has 0 saturated heterocycles. The van der Waals surface area contributed by atoms with Gasteiger partial charge in [0, 0.05) is 5.69 Å². The number of aryl methyl sites for hydroxylation is 1. The maximum atomic E-state index is 5.36. The molecule has 0 bridgehead atoms. The van der Waals surface area contributed by atoms with Crippen LogP contribution in [0.5, 0.6) is 0 Å². The van der Waals surface area contributed by atoms with E-state index in [0.29, 0.717) is 0 Å². The SMILES string of the molecule is C#CC(C)(C)c1nc[nH]c1C. The largest absolute Gasteiger partial charge is 0.348 e. The van der Waals surface area contributed by atoms with Gasteiger partial charge in [-0.25, -0.2) is 4.98 Å². The van der Waals surface area contributed by atoms with E-state index >= 15 is 0 Å². The maximum Gasteiger partial charge on any atom is 0.0925 e. The lowest BCUT2D eigenvalue weighted by molar-refractivity contribution is 0.669. The Morgan fingerprint density at radius 2 is 2.27 bits per heavy atom. The predicted octanol–water partition coefficient (Wildman–Crippen LogP) is 1.63. The third-order valence-electron chi connectivity index (χ3n) is 1.78. The summed E-state index contributed by atoms with van der Waals surface area (Å²) in [5.74, 6) is 2.70. The average molecular weight is 148 g/mol. The van der Waals surface area contributed by atoms with Crippen LogP contribution in [-0.2, 0) is 5.41 Å². The summed E-state index contributed by atoms with van der Waals surface area (Å²) in [4.78, 5) is 7.16. The van der Waals surface area contributed by atoms with Gasteiger partial charge in [-0.2, -0.15) is 0 Å². The van der Waals surface area contributed by atoms with Crippen LogP contribution in [0.3, 0.4) is 0 Å². The molecule has 0 aliphatic heterocycles. The summed E-state index contributed by atoms with van der Waals surface area (Å²) in [5, 5.41) is 0. The van der Waals surface area contributed by atoms with Crippen molar-refractivity contribution in [2.75, 3.05) is 0 Å². The van der Waals surface area contributed by atoms with Gasteiger partial charge in [0.2, 0.25) is 0 Å². The Balaban J connectivity index is 3.13. The molecule has 0 spiro atoms. The lowest BCUT2D eigenvalue weighted by Crippen LogP contribution is -2.15. The van der Waals surface area contributed by atoms with Crippen molar-refractivity contribution in [3.8, 4) is 12.3 Å². The third-order valence-corrected chi connectivity index (χ3v) is 1.78. The molecular formula is C9H12N2. The van der Waals surface area contributed by atoms with Gasteiger partial charge < -0.3 is 4.98 Å². The van der Waals surface area contributed by atoms with Crippen LogP contribution < -0.4 is 0 Å². The zero-order valence-electron chi connectivity index (χ0n) is 7.10. The summed E-state index contributed by atoms with van der Waals surface area (Å²) in [6.07, 6.45) is 7.03. The molecule has 0 amide bonds. The van der Waals surface area contributed by atoms with Crippen molar-refractivity contribution in [2.24, 2.45) is 0 Å². The highest BCUT2D eigenvalue weighted by Gasteiger charge is 2.21. The number of aromatic nitrogens is 2. The summed E-state index contributed by atoms with van der Waals surface area (Å²) < 4.78 is 0. The minimum Gasteiger partial charge on any atom is -0.348 e. The molecule has 2 nitrogen and oxygen atoms in total. The Hall–Kier alpha value is -1.23. The lowest BCUT2D eigenvalue weighted by atomic mass is 9.89. The molecule has 0 saturated carbocycles. The molecule has 0 atom stereocenters. The van der Waals surface area contributed by atoms with Gasteiger partial charge in [-0.05, 0) is 20.8 Å². The molecule has 0 radical (unpaired) electrons. The molecule has 0 aliphatic carbocycles. The standard InChI is InChI=1S/C9H12N2/c1-5-9(3,4)8-7(2)10-6-11-8/h1,6H,2-4H3,(H,10,11). The minimum atomic E-state index is -0.260. The van der Waals surface area contributed by atoms with E-state index in [1.165, 1.54) is 0 Å². The van der Waals surface area contributed by atoms with Gasteiger partial charge in [0.05, 0.1) is 17.4 Å². The molecule has 0 unspecified atom stereocenters. The molecule has 58 valence electrons. The van der Waals surface area contributed by atoms with Gasteiger partial charge in [-0.3, -0.25) is 0 Å². The van der Waals surface area contributed by atoms with Gasteiger partial charge in [-0.15, -0.1) is 6.42 Å². The molecule has 0 fully saturated rings. The first-order chi connectivity index (χ1) is 5.08. The first-order valence-corrected chi connectivity index (χ1v) is 3.56. The number of hydrogen-bond donors (Lipinski definition) is 1. The lowest BCUT2D eigenvalue weighted by Gasteiger charge is -2.14. The summed E-state index contributed by atoms with van der Waals surface area (Å²) in [5.41, 5.74) is 1.75. The van der Waals surface area contributed by atoms with Crippen LogP contribution in [0.15, 0.2) is 6.33 Å². The molecule has 1 rings (SSSR count). The number of nitrogens with zero attached hydrogens (tertiary/aromatic N) is 1. The second-order valence-electron chi connectivity index (χ2n) is 3.15. The van der Waals surface area contributed by atoms with Crippen molar-refractivity contribution >= 4 is 0 Å². The second-order valence-corrected chi connectivity index (χ2v) is 3.15. The van der Waals surface area contributed by atoms with E-state index in [0.717, 1.165) is 11.4 Å². The molecule has 2 heteroatoms. The van der Waals surface area contributed by atoms with E-state index in [4.69, 9.17) is 6.42 Å². The summed E-state index contributed by atoms with van der Waals surface area (Å²) >= 11 is 0. The monoisotopic (exact) mass is 148 g/mol. The van der Waals surface area contributed by atoms with Crippen molar-refractivity contribution in [3.05, 3.63) is 17.7 Å². The summed E-state index contributed by atoms with van der Waals surface area (Å²) in [6, 6.07) is 0. The van der Waals surface area contributed by atoms with E-state index < -0.39 is 0 Å². The number of hydrogen-bond acceptors (Lipinski definition) is 1. The van der Waals surface area contributed by atoms with Crippen LogP contribution in [0, 0.1) is 19.3 Å². The average Bonchev–Trinajstić information content (AvgIpc) is 2.36. The van der Waals surface area contributed by atoms with E-state index in [2.05, 4.69) is 15.9 Å². The fourth-order valence-corrected chi connectivity index (χ4v) is 1.06. The number of nitrogens with one attached hydrogen (secondary N) is 1. The Kier molecular flexibility index (Phi) is 1.74. The Bertz CT molecular complexity index is 289. The van der Waals surface area contributed by atoms with Crippen molar-refractivity contribution in [1.29, 1.82) is 0 Å². The first-order valence-electron chi connectivity index (χ1n) is 3.56. The summed E-state index contributed by atoms with van der Waals surface area (Å²) in [7, 11) is 0. The molecule has 0 aliphatic rings. The fraction of sp³-hybridized carbons (Fsp3) is 0.444. The molecule has 1 aromatic heterocycles. The Morgan fingerprint density at radius 3 is 2.64 bits per heavy atom. The highest BCUT2D eigenvalue weighted by Crippen LogP contribution is 2.21. The summed E-state index contributed by atoms with van der Waals surface area (Å²) in [6.45, 7) is 5.94. The van der Waals surface area contributed by atoms with E-state index in [1.54, 1.807) is 6.33 Å². The van der Waals surface area contributed by atoms with Gasteiger partial charge >= 0.3 is 0 Å². The van der Waals surface area contributed by atoms with Crippen LogP contribution >= 0.6 is 0 Å². The zero-order valence-corrected chi connectivity index (χ0v) is 7.10. The van der Waals surface area contributed by atoms with Crippen LogP contribution in [-0.4, -0.2) is 9.97 Å². The Morgan fingerprint density at radius 1 is 1.64 bits per heavy atom. The number of imidazole rings is 1.